The summed E-state index contributed by atoms with van der Waals surface area (Å²) in [6.07, 6.45) is 0.938. The van der Waals surface area contributed by atoms with Crippen molar-refractivity contribution in [1.82, 2.24) is 52.8 Å². The molecule has 2 saturated heterocycles. The lowest BCUT2D eigenvalue weighted by Crippen LogP contribution is -2.61. The maximum Gasteiger partial charge on any atom is 0.328 e. The zero-order valence-corrected chi connectivity index (χ0v) is 51.8. The second-order valence-electron chi connectivity index (χ2n) is 23.5. The zero-order valence-electron chi connectivity index (χ0n) is 51.8. The first-order valence-electron chi connectivity index (χ1n) is 29.9. The first-order chi connectivity index (χ1) is 41.5. The van der Waals surface area contributed by atoms with Gasteiger partial charge in [-0.25, -0.2) is 4.79 Å². The van der Waals surface area contributed by atoms with E-state index in [1.165, 1.54) is 30.9 Å². The van der Waals surface area contributed by atoms with Crippen LogP contribution in [0, 0.1) is 24.7 Å². The fourth-order valence-electron chi connectivity index (χ4n) is 9.90. The van der Waals surface area contributed by atoms with Crippen molar-refractivity contribution in [3.63, 3.8) is 0 Å². The van der Waals surface area contributed by atoms with Gasteiger partial charge < -0.3 is 74.7 Å². The summed E-state index contributed by atoms with van der Waals surface area (Å²) in [4.78, 5) is 174. The molecule has 2 aliphatic rings. The number of nitrogens with one attached hydrogen (secondary N) is 9. The van der Waals surface area contributed by atoms with Crippen LogP contribution in [0.1, 0.15) is 123 Å². The molecule has 0 aromatic heterocycles. The smallest absolute Gasteiger partial charge is 0.328 e. The molecule has 0 spiro atoms. The maximum atomic E-state index is 14.9. The quantitative estimate of drug-likeness (QED) is 0.0306. The number of primary amides is 1. The third-order valence-corrected chi connectivity index (χ3v) is 14.7. The number of carbonyl (C=O) groups excluding carboxylic acids is 12. The number of carbonyl (C=O) groups is 12. The van der Waals surface area contributed by atoms with Crippen LogP contribution in [-0.2, 0) is 68.7 Å². The molecule has 27 heteroatoms. The number of guanidine groups is 1. The molecular formula is C61H90N14O13. The van der Waals surface area contributed by atoms with Crippen LogP contribution in [0.4, 0.5) is 0 Å². The molecule has 15 N–H and O–H groups in total. The van der Waals surface area contributed by atoms with Gasteiger partial charge in [0.2, 0.25) is 65.0 Å². The van der Waals surface area contributed by atoms with E-state index in [9.17, 15) is 57.5 Å². The summed E-state index contributed by atoms with van der Waals surface area (Å²) in [6.45, 7) is 14.3. The Labute approximate surface area is 513 Å². The monoisotopic (exact) mass is 1230 g/mol. The lowest BCUT2D eigenvalue weighted by atomic mass is 9.98. The first-order valence-corrected chi connectivity index (χ1v) is 29.9. The minimum atomic E-state index is -1.72. The van der Waals surface area contributed by atoms with Gasteiger partial charge in [-0.1, -0.05) is 96.1 Å². The lowest BCUT2D eigenvalue weighted by molar-refractivity contribution is -0.156. The van der Waals surface area contributed by atoms with Crippen molar-refractivity contribution < 1.29 is 62.3 Å². The number of aryl methyl sites for hydroxylation is 1. The van der Waals surface area contributed by atoms with Crippen molar-refractivity contribution in [2.75, 3.05) is 19.6 Å². The summed E-state index contributed by atoms with van der Waals surface area (Å²) in [5.74, 6) is -11.5. The van der Waals surface area contributed by atoms with Gasteiger partial charge in [0.1, 0.15) is 60.5 Å². The molecule has 2 fully saturated rings. The summed E-state index contributed by atoms with van der Waals surface area (Å²) in [6, 6.07) is 3.23. The van der Waals surface area contributed by atoms with Crippen LogP contribution in [-0.4, -0.2) is 162 Å². The molecule has 2 aromatic rings. The van der Waals surface area contributed by atoms with E-state index in [4.69, 9.17) is 21.9 Å². The van der Waals surface area contributed by atoms with Crippen LogP contribution >= 0.6 is 0 Å². The predicted molar refractivity (Wildman–Crippen MR) is 327 cm³/mol. The van der Waals surface area contributed by atoms with E-state index < -0.39 is 144 Å². The molecular weight excluding hydrogens is 1140 g/mol. The highest BCUT2D eigenvalue weighted by atomic mass is 16.5. The Hall–Kier alpha value is -8.91. The highest BCUT2D eigenvalue weighted by molar-refractivity contribution is 6.00. The number of ether oxygens (including phenoxy) is 1. The topological polar surface area (TPSA) is 416 Å². The first kappa shape index (κ1) is 71.6. The van der Waals surface area contributed by atoms with Gasteiger partial charge in [0.05, 0.1) is 6.54 Å². The number of hydrogen-bond acceptors (Lipinski definition) is 14. The van der Waals surface area contributed by atoms with Crippen molar-refractivity contribution in [3.05, 3.63) is 77.4 Å². The van der Waals surface area contributed by atoms with Crippen LogP contribution in [0.15, 0.2) is 65.7 Å². The number of nitrogens with zero attached hydrogens (tertiary/aromatic N) is 2. The normalized spacial score (nSPS) is 24.8. The van der Waals surface area contributed by atoms with Crippen molar-refractivity contribution >= 4 is 83.0 Å². The van der Waals surface area contributed by atoms with E-state index >= 15 is 0 Å². The van der Waals surface area contributed by atoms with Gasteiger partial charge in [0, 0.05) is 32.0 Å². The number of cyclic esters (lactones) is 1. The van der Waals surface area contributed by atoms with Gasteiger partial charge in [-0.15, -0.1) is 0 Å². The average Bonchev–Trinajstić information content (AvgIpc) is 4.14. The number of nitrogens with two attached hydrogens (primary N) is 3. The van der Waals surface area contributed by atoms with Crippen molar-refractivity contribution in [2.45, 2.75) is 181 Å². The van der Waals surface area contributed by atoms with E-state index in [1.807, 2.05) is 19.1 Å². The SMILES string of the molecule is Cc1ccccc1/C=C/C(=O)N[C@@H]1C(=O)N[C@@H](Cc2ccccc2)C(=O)N[C@H](CC(C)C)C(=O)N[C@@H](C(C)C)C(=O)N[C@@H](C)C(=O)N[C@H](CCC(N)=O)C(=O)NCC(=O)N2CCC[C@H]2C(=O)N[C@H](CCCN=C(N)N)C(=O)N[C@H](CC(C)C)C(=O)O[C@H]1C. The van der Waals surface area contributed by atoms with E-state index in [-0.39, 0.29) is 82.3 Å². The Morgan fingerprint density at radius 2 is 1.25 bits per heavy atom. The molecule has 2 heterocycles. The van der Waals surface area contributed by atoms with Crippen LogP contribution in [0.25, 0.3) is 6.08 Å². The number of rotatable bonds is 17. The number of amides is 11. The van der Waals surface area contributed by atoms with E-state index in [1.54, 1.807) is 84.0 Å². The molecule has 4 rings (SSSR count). The average molecular weight is 1230 g/mol. The Morgan fingerprint density at radius 1 is 0.670 bits per heavy atom. The second-order valence-corrected chi connectivity index (χ2v) is 23.5. The van der Waals surface area contributed by atoms with Gasteiger partial charge in [-0.2, -0.15) is 0 Å². The minimum absolute atomic E-state index is 0.0237. The number of esters is 1. The van der Waals surface area contributed by atoms with Crippen LogP contribution in [0.5, 0.6) is 0 Å². The summed E-state index contributed by atoms with van der Waals surface area (Å²) in [5.41, 5.74) is 18.6. The molecule has 0 aliphatic carbocycles. The highest BCUT2D eigenvalue weighted by Gasteiger charge is 2.40. The molecule has 0 saturated carbocycles. The Kier molecular flexibility index (Phi) is 28.5. The largest absolute Gasteiger partial charge is 0.458 e. The standard InChI is InChI=1S/C61H90N14O13/c1-33(2)29-43-56(83)74-50(35(5)6)58(85)67-37(8)52(79)68-42(24-25-47(62)76)53(80)66-32-49(78)75-28-16-22-46(75)57(84)69-41(21-15-27-65-61(63)64)54(81)72-45(30-34(3)4)60(87)88-38(9)51(73-48(77)26-23-40-20-14-13-17-36(40)7)59(86)71-44(55(82)70-43)31-39-18-11-10-12-19-39/h10-14,17-20,23,26,33-35,37-38,41-46,50-51H,15-16,21-22,24-25,27-32H2,1-9H3,(H2,62,76)(H,66,80)(H,67,85)(H,68,79)(H,69,84)(H,70,82)(H,71,86)(H,72,81)(H,73,77)(H,74,83)(H4,63,64,65)/b26-23+/t37-,38-,41+,42+,43+,44-,45+,46-,50-,51-/m0/s1. The van der Waals surface area contributed by atoms with Crippen LogP contribution in [0.2, 0.25) is 0 Å². The highest BCUT2D eigenvalue weighted by Crippen LogP contribution is 2.20. The number of hydrogen-bond donors (Lipinski definition) is 12. The maximum absolute atomic E-state index is 14.9. The fourth-order valence-corrected chi connectivity index (χ4v) is 9.90. The Bertz CT molecular complexity index is 2860. The minimum Gasteiger partial charge on any atom is -0.458 e. The fraction of sp³-hybridized carbons (Fsp3) is 0.557. The molecule has 2 aliphatic heterocycles. The van der Waals surface area contributed by atoms with Gasteiger partial charge in [-0.05, 0) is 106 Å². The molecule has 0 radical (unpaired) electrons. The molecule has 2 aromatic carbocycles. The van der Waals surface area contributed by atoms with E-state index in [0.29, 0.717) is 17.5 Å². The van der Waals surface area contributed by atoms with E-state index in [2.05, 4.69) is 52.8 Å². The number of benzene rings is 2. The number of fused-ring (bicyclic) bond motifs is 1. The van der Waals surface area contributed by atoms with E-state index in [0.717, 1.165) is 5.56 Å². The molecule has 27 nitrogen and oxygen atoms in total. The van der Waals surface area contributed by atoms with Crippen LogP contribution in [0.3, 0.4) is 0 Å². The summed E-state index contributed by atoms with van der Waals surface area (Å²) >= 11 is 0. The van der Waals surface area contributed by atoms with Crippen molar-refractivity contribution in [2.24, 2.45) is 39.9 Å². The lowest BCUT2D eigenvalue weighted by Gasteiger charge is -2.30. The van der Waals surface area contributed by atoms with Gasteiger partial charge in [0.25, 0.3) is 0 Å². The summed E-state index contributed by atoms with van der Waals surface area (Å²) < 4.78 is 5.99. The molecule has 11 amide bonds. The molecule has 0 unspecified atom stereocenters. The molecule has 482 valence electrons. The molecule has 88 heavy (non-hydrogen) atoms. The zero-order chi connectivity index (χ0) is 65.4. The molecule has 0 bridgehead atoms. The third kappa shape index (κ3) is 23.4. The summed E-state index contributed by atoms with van der Waals surface area (Å²) in [5, 5.41) is 23.7. The second kappa shape index (κ2) is 35.0. The van der Waals surface area contributed by atoms with Gasteiger partial charge in [-0.3, -0.25) is 57.7 Å². The van der Waals surface area contributed by atoms with Gasteiger partial charge >= 0.3 is 5.97 Å². The van der Waals surface area contributed by atoms with Crippen molar-refractivity contribution in [1.29, 1.82) is 0 Å². The molecule has 10 atom stereocenters. The number of aliphatic imine (C=N–C) groups is 1. The Balaban J connectivity index is 1.85. The summed E-state index contributed by atoms with van der Waals surface area (Å²) in [7, 11) is 0. The third-order valence-electron chi connectivity index (χ3n) is 14.7. The van der Waals surface area contributed by atoms with Gasteiger partial charge in [0.15, 0.2) is 5.96 Å². The Morgan fingerprint density at radius 3 is 1.89 bits per heavy atom. The van der Waals surface area contributed by atoms with Crippen molar-refractivity contribution in [3.8, 4) is 0 Å². The predicted octanol–water partition coefficient (Wildman–Crippen LogP) is -0.731. The van der Waals surface area contributed by atoms with Crippen LogP contribution < -0.4 is 65.1 Å².